The van der Waals surface area contributed by atoms with Crippen LogP contribution in [-0.2, 0) is 10.0 Å². The molecule has 0 radical (unpaired) electrons. The summed E-state index contributed by atoms with van der Waals surface area (Å²) in [5.74, 6) is 2.45. The number of hydrogen-bond acceptors (Lipinski definition) is 3. The fourth-order valence-corrected chi connectivity index (χ4v) is 2.15. The number of sulfonamides is 1. The van der Waals surface area contributed by atoms with Crippen LogP contribution in [0.4, 0.5) is 0 Å². The second-order valence-electron chi connectivity index (χ2n) is 2.94. The molecule has 0 aliphatic heterocycles. The monoisotopic (exact) mass is 225 g/mol. The Kier molecular flexibility index (Phi) is 3.35. The largest absolute Gasteiger partial charge is 0.480 e. The van der Waals surface area contributed by atoms with Crippen LogP contribution < -0.4 is 9.88 Å². The molecule has 0 bridgehead atoms. The Hall–Kier alpha value is -1.51. The third-order valence-electron chi connectivity index (χ3n) is 1.77. The lowest BCUT2D eigenvalue weighted by atomic mass is 10.2. The van der Waals surface area contributed by atoms with Crippen molar-refractivity contribution in [3.8, 4) is 18.1 Å². The number of rotatable bonds is 3. The third kappa shape index (κ3) is 2.72. The number of nitrogens with two attached hydrogens (primary N) is 1. The van der Waals surface area contributed by atoms with Crippen molar-refractivity contribution in [3.63, 3.8) is 0 Å². The van der Waals surface area contributed by atoms with Crippen molar-refractivity contribution < 1.29 is 13.2 Å². The molecule has 0 aliphatic rings. The molecule has 4 nitrogen and oxygen atoms in total. The van der Waals surface area contributed by atoms with E-state index >= 15 is 0 Å². The molecular formula is C10H11NO3S. The molecule has 2 N–H and O–H groups in total. The predicted molar refractivity (Wildman–Crippen MR) is 56.9 cm³/mol. The zero-order chi connectivity index (χ0) is 11.5. The first-order valence-corrected chi connectivity index (χ1v) is 5.70. The minimum atomic E-state index is -3.79. The molecule has 5 heteroatoms. The molecule has 0 aromatic heterocycles. The lowest BCUT2D eigenvalue weighted by Crippen LogP contribution is -2.15. The van der Waals surface area contributed by atoms with Crippen LogP contribution in [0.3, 0.4) is 0 Å². The topological polar surface area (TPSA) is 69.4 Å². The highest BCUT2D eigenvalue weighted by Gasteiger charge is 2.17. The van der Waals surface area contributed by atoms with E-state index in [4.69, 9.17) is 16.3 Å². The number of benzene rings is 1. The van der Waals surface area contributed by atoms with E-state index in [-0.39, 0.29) is 17.3 Å². The van der Waals surface area contributed by atoms with E-state index in [1.165, 1.54) is 6.07 Å². The first kappa shape index (κ1) is 11.6. The molecule has 0 spiro atoms. The Morgan fingerprint density at radius 3 is 2.73 bits per heavy atom. The average Bonchev–Trinajstić information content (AvgIpc) is 2.12. The van der Waals surface area contributed by atoms with Crippen LogP contribution >= 0.6 is 0 Å². The van der Waals surface area contributed by atoms with E-state index in [2.05, 4.69) is 5.92 Å². The van der Waals surface area contributed by atoms with Crippen LogP contribution in [0.1, 0.15) is 5.56 Å². The van der Waals surface area contributed by atoms with Crippen LogP contribution in [0, 0.1) is 19.3 Å². The lowest BCUT2D eigenvalue weighted by molar-refractivity contribution is 0.359. The molecule has 0 heterocycles. The van der Waals surface area contributed by atoms with E-state index in [9.17, 15) is 8.42 Å². The van der Waals surface area contributed by atoms with Gasteiger partial charge in [-0.1, -0.05) is 18.1 Å². The summed E-state index contributed by atoms with van der Waals surface area (Å²) < 4.78 is 27.7. The number of hydrogen-bond donors (Lipinski definition) is 1. The van der Waals surface area contributed by atoms with Gasteiger partial charge in [0.25, 0.3) is 0 Å². The number of ether oxygens (including phenoxy) is 1. The molecule has 15 heavy (non-hydrogen) atoms. The van der Waals surface area contributed by atoms with Gasteiger partial charge in [0.15, 0.2) is 0 Å². The first-order valence-electron chi connectivity index (χ1n) is 4.15. The number of primary sulfonamides is 1. The molecular weight excluding hydrogens is 214 g/mol. The van der Waals surface area contributed by atoms with Crippen molar-refractivity contribution in [1.29, 1.82) is 0 Å². The standard InChI is InChI=1S/C10H11NO3S/c1-3-7-14-9-6-4-5-8(2)10(9)15(11,12)13/h1,4-6H,7H2,2H3,(H2,11,12,13). The highest BCUT2D eigenvalue weighted by molar-refractivity contribution is 7.89. The molecule has 0 saturated carbocycles. The van der Waals surface area contributed by atoms with E-state index in [0.717, 1.165) is 0 Å². The Balaban J connectivity index is 3.29. The maximum absolute atomic E-state index is 11.3. The van der Waals surface area contributed by atoms with E-state index in [1.54, 1.807) is 19.1 Å². The van der Waals surface area contributed by atoms with Crippen LogP contribution in [0.5, 0.6) is 5.75 Å². The molecule has 0 atom stereocenters. The summed E-state index contributed by atoms with van der Waals surface area (Å²) in [5, 5.41) is 5.07. The van der Waals surface area contributed by atoms with Crippen LogP contribution in [0.25, 0.3) is 0 Å². The maximum atomic E-state index is 11.3. The summed E-state index contributed by atoms with van der Waals surface area (Å²) in [7, 11) is -3.79. The smallest absolute Gasteiger partial charge is 0.242 e. The van der Waals surface area contributed by atoms with Crippen LogP contribution in [0.15, 0.2) is 23.1 Å². The second kappa shape index (κ2) is 4.34. The third-order valence-corrected chi connectivity index (χ3v) is 2.86. The maximum Gasteiger partial charge on any atom is 0.242 e. The predicted octanol–water partition coefficient (Wildman–Crippen LogP) is 0.654. The van der Waals surface area contributed by atoms with Crippen molar-refractivity contribution in [3.05, 3.63) is 23.8 Å². The molecule has 0 amide bonds. The SMILES string of the molecule is C#CCOc1cccc(C)c1S(N)(=O)=O. The van der Waals surface area contributed by atoms with E-state index in [0.29, 0.717) is 5.56 Å². The van der Waals surface area contributed by atoms with Gasteiger partial charge >= 0.3 is 0 Å². The summed E-state index contributed by atoms with van der Waals surface area (Å²) in [6, 6.07) is 4.84. The summed E-state index contributed by atoms with van der Waals surface area (Å²) >= 11 is 0. The van der Waals surface area contributed by atoms with Gasteiger partial charge in [0.05, 0.1) is 0 Å². The van der Waals surface area contributed by atoms with Crippen molar-refractivity contribution in [2.75, 3.05) is 6.61 Å². The van der Waals surface area contributed by atoms with Gasteiger partial charge in [-0.05, 0) is 18.6 Å². The Bertz CT molecular complexity index is 500. The summed E-state index contributed by atoms with van der Waals surface area (Å²) in [5.41, 5.74) is 0.534. The van der Waals surface area contributed by atoms with Crippen LogP contribution in [-0.4, -0.2) is 15.0 Å². The van der Waals surface area contributed by atoms with Gasteiger partial charge in [-0.25, -0.2) is 13.6 Å². The zero-order valence-electron chi connectivity index (χ0n) is 8.23. The van der Waals surface area contributed by atoms with Gasteiger partial charge in [-0.3, -0.25) is 0 Å². The van der Waals surface area contributed by atoms with E-state index < -0.39 is 10.0 Å². The van der Waals surface area contributed by atoms with Crippen molar-refractivity contribution >= 4 is 10.0 Å². The van der Waals surface area contributed by atoms with Gasteiger partial charge in [-0.15, -0.1) is 6.42 Å². The minimum absolute atomic E-state index is 0.00593. The van der Waals surface area contributed by atoms with E-state index in [1.807, 2.05) is 0 Å². The zero-order valence-corrected chi connectivity index (χ0v) is 9.04. The Morgan fingerprint density at radius 1 is 1.53 bits per heavy atom. The summed E-state index contributed by atoms with van der Waals surface area (Å²) in [6.45, 7) is 1.65. The number of terminal acetylenes is 1. The van der Waals surface area contributed by atoms with Gasteiger partial charge in [0.2, 0.25) is 10.0 Å². The Labute approximate surface area is 89.1 Å². The highest BCUT2D eigenvalue weighted by atomic mass is 32.2. The molecule has 1 aromatic rings. The summed E-state index contributed by atoms with van der Waals surface area (Å²) in [6.07, 6.45) is 5.02. The normalized spacial score (nSPS) is 10.7. The quantitative estimate of drug-likeness (QED) is 0.768. The summed E-state index contributed by atoms with van der Waals surface area (Å²) in [4.78, 5) is -0.0137. The van der Waals surface area contributed by atoms with Gasteiger partial charge in [0, 0.05) is 0 Å². The molecule has 0 unspecified atom stereocenters. The van der Waals surface area contributed by atoms with Crippen LogP contribution in [0.2, 0.25) is 0 Å². The highest BCUT2D eigenvalue weighted by Crippen LogP contribution is 2.25. The molecule has 1 rings (SSSR count). The first-order chi connectivity index (χ1) is 6.96. The molecule has 0 fully saturated rings. The van der Waals surface area contributed by atoms with Crippen molar-refractivity contribution in [1.82, 2.24) is 0 Å². The molecule has 1 aromatic carbocycles. The van der Waals surface area contributed by atoms with Gasteiger partial charge in [-0.2, -0.15) is 0 Å². The number of aryl methyl sites for hydroxylation is 1. The average molecular weight is 225 g/mol. The second-order valence-corrected chi connectivity index (χ2v) is 4.44. The fraction of sp³-hybridized carbons (Fsp3) is 0.200. The Morgan fingerprint density at radius 2 is 2.20 bits per heavy atom. The molecule has 0 saturated heterocycles. The lowest BCUT2D eigenvalue weighted by Gasteiger charge is -2.09. The van der Waals surface area contributed by atoms with Crippen molar-refractivity contribution in [2.24, 2.45) is 5.14 Å². The van der Waals surface area contributed by atoms with Gasteiger partial charge in [0.1, 0.15) is 17.3 Å². The minimum Gasteiger partial charge on any atom is -0.480 e. The fourth-order valence-electron chi connectivity index (χ4n) is 1.22. The van der Waals surface area contributed by atoms with Gasteiger partial charge < -0.3 is 4.74 Å². The molecule has 0 aliphatic carbocycles. The molecule has 80 valence electrons. The van der Waals surface area contributed by atoms with Crippen molar-refractivity contribution in [2.45, 2.75) is 11.8 Å².